The van der Waals surface area contributed by atoms with Gasteiger partial charge in [-0.1, -0.05) is 12.1 Å². The van der Waals surface area contributed by atoms with Gasteiger partial charge >= 0.3 is 6.01 Å². The molecule has 1 aromatic carbocycles. The van der Waals surface area contributed by atoms with Crippen LogP contribution < -0.4 is 15.4 Å². The first-order chi connectivity index (χ1) is 10.0. The molecule has 108 valence electrons. The van der Waals surface area contributed by atoms with Crippen LogP contribution in [0.3, 0.4) is 0 Å². The Morgan fingerprint density at radius 2 is 1.95 bits per heavy atom. The molecular weight excluding hydrogens is 268 g/mol. The van der Waals surface area contributed by atoms with E-state index in [1.807, 2.05) is 26.0 Å². The van der Waals surface area contributed by atoms with Crippen LogP contribution in [-0.2, 0) is 0 Å². The molecule has 0 saturated carbocycles. The zero-order chi connectivity index (χ0) is 15.4. The average molecular weight is 284 g/mol. The monoisotopic (exact) mass is 284 g/mol. The number of hydrogen-bond acceptors (Lipinski definition) is 7. The lowest BCUT2D eigenvalue weighted by Gasteiger charge is -2.19. The van der Waals surface area contributed by atoms with E-state index in [4.69, 9.17) is 15.7 Å². The first-order valence-electron chi connectivity index (χ1n) is 6.42. The molecule has 0 radical (unpaired) electrons. The largest absolute Gasteiger partial charge is 0.461 e. The van der Waals surface area contributed by atoms with Crippen molar-refractivity contribution in [1.29, 1.82) is 5.26 Å². The fourth-order valence-electron chi connectivity index (χ4n) is 1.74. The van der Waals surface area contributed by atoms with Crippen LogP contribution in [0.4, 0.5) is 17.6 Å². The zero-order valence-electron chi connectivity index (χ0n) is 12.1. The second-order valence-corrected chi connectivity index (χ2v) is 4.63. The van der Waals surface area contributed by atoms with Crippen molar-refractivity contribution < 1.29 is 4.74 Å². The van der Waals surface area contributed by atoms with Crippen molar-refractivity contribution in [3.8, 4) is 12.1 Å². The molecule has 2 rings (SSSR count). The minimum Gasteiger partial charge on any atom is -0.461 e. The number of anilines is 3. The fourth-order valence-corrected chi connectivity index (χ4v) is 1.74. The summed E-state index contributed by atoms with van der Waals surface area (Å²) in [5, 5.41) is 9.16. The lowest BCUT2D eigenvalue weighted by molar-refractivity contribution is 0.222. The number of aromatic nitrogens is 3. The number of para-hydroxylation sites is 1. The van der Waals surface area contributed by atoms with Crippen molar-refractivity contribution in [2.75, 3.05) is 17.7 Å². The summed E-state index contributed by atoms with van der Waals surface area (Å²) in [4.78, 5) is 13.9. The summed E-state index contributed by atoms with van der Waals surface area (Å²) in [7, 11) is 1.75. The first-order valence-corrected chi connectivity index (χ1v) is 6.42. The number of rotatable bonds is 4. The Morgan fingerprint density at radius 3 is 2.62 bits per heavy atom. The number of nitrogen functional groups attached to an aromatic ring is 1. The molecule has 0 atom stereocenters. The highest BCUT2D eigenvalue weighted by Gasteiger charge is 2.14. The molecule has 7 nitrogen and oxygen atoms in total. The molecule has 7 heteroatoms. The van der Waals surface area contributed by atoms with Gasteiger partial charge in [0.05, 0.1) is 17.4 Å². The van der Waals surface area contributed by atoms with Crippen molar-refractivity contribution in [2.45, 2.75) is 20.0 Å². The molecule has 0 spiro atoms. The lowest BCUT2D eigenvalue weighted by atomic mass is 10.2. The molecule has 0 saturated heterocycles. The summed E-state index contributed by atoms with van der Waals surface area (Å²) >= 11 is 0. The van der Waals surface area contributed by atoms with Gasteiger partial charge in [0.2, 0.25) is 11.9 Å². The van der Waals surface area contributed by atoms with Gasteiger partial charge in [0.25, 0.3) is 0 Å². The highest BCUT2D eigenvalue weighted by atomic mass is 16.5. The molecule has 21 heavy (non-hydrogen) atoms. The van der Waals surface area contributed by atoms with Gasteiger partial charge in [-0.2, -0.15) is 20.2 Å². The third-order valence-corrected chi connectivity index (χ3v) is 2.65. The van der Waals surface area contributed by atoms with E-state index < -0.39 is 0 Å². The van der Waals surface area contributed by atoms with Gasteiger partial charge in [-0.05, 0) is 26.0 Å². The number of benzene rings is 1. The van der Waals surface area contributed by atoms with Gasteiger partial charge in [0.1, 0.15) is 6.07 Å². The van der Waals surface area contributed by atoms with Gasteiger partial charge in [-0.3, -0.25) is 0 Å². The average Bonchev–Trinajstić information content (AvgIpc) is 2.45. The van der Waals surface area contributed by atoms with Crippen LogP contribution in [0.15, 0.2) is 24.3 Å². The number of ether oxygens (including phenoxy) is 1. The Balaban J connectivity index is 2.41. The Hall–Kier alpha value is -2.88. The van der Waals surface area contributed by atoms with Crippen molar-refractivity contribution in [1.82, 2.24) is 15.0 Å². The first kappa shape index (κ1) is 14.5. The number of nitrogens with zero attached hydrogens (tertiary/aromatic N) is 5. The van der Waals surface area contributed by atoms with Crippen molar-refractivity contribution in [3.05, 3.63) is 29.8 Å². The summed E-state index contributed by atoms with van der Waals surface area (Å²) in [6, 6.07) is 9.46. The maximum absolute atomic E-state index is 9.16. The molecule has 0 aliphatic carbocycles. The Bertz CT molecular complexity index is 679. The maximum atomic E-state index is 9.16. The van der Waals surface area contributed by atoms with E-state index in [9.17, 15) is 0 Å². The van der Waals surface area contributed by atoms with Crippen LogP contribution in [0, 0.1) is 11.3 Å². The van der Waals surface area contributed by atoms with Crippen molar-refractivity contribution >= 4 is 17.6 Å². The summed E-state index contributed by atoms with van der Waals surface area (Å²) in [5.74, 6) is 0.387. The smallest absolute Gasteiger partial charge is 0.323 e. The topological polar surface area (TPSA) is 101 Å². The second kappa shape index (κ2) is 6.05. The lowest BCUT2D eigenvalue weighted by Crippen LogP contribution is -2.18. The highest BCUT2D eigenvalue weighted by Crippen LogP contribution is 2.25. The van der Waals surface area contributed by atoms with Gasteiger partial charge < -0.3 is 15.4 Å². The normalized spacial score (nSPS) is 10.2. The van der Waals surface area contributed by atoms with Crippen LogP contribution in [0.25, 0.3) is 0 Å². The highest BCUT2D eigenvalue weighted by molar-refractivity contribution is 5.65. The number of nitrogens with two attached hydrogens (primary N) is 1. The van der Waals surface area contributed by atoms with E-state index in [0.29, 0.717) is 17.2 Å². The Morgan fingerprint density at radius 1 is 1.24 bits per heavy atom. The Kier molecular flexibility index (Phi) is 4.18. The maximum Gasteiger partial charge on any atom is 0.323 e. The van der Waals surface area contributed by atoms with Gasteiger partial charge in [-0.15, -0.1) is 0 Å². The second-order valence-electron chi connectivity index (χ2n) is 4.63. The molecule has 0 fully saturated rings. The van der Waals surface area contributed by atoms with E-state index in [1.54, 1.807) is 24.1 Å². The van der Waals surface area contributed by atoms with Gasteiger partial charge in [0, 0.05) is 7.05 Å². The van der Waals surface area contributed by atoms with Crippen LogP contribution in [0.5, 0.6) is 6.01 Å². The standard InChI is InChI=1S/C14H16N6O/c1-9(2)21-14-18-12(16)17-13(19-14)20(3)11-7-5-4-6-10(11)8-15/h4-7,9H,1-3H3,(H2,16,17,18,19). The molecule has 0 unspecified atom stereocenters. The fraction of sp³-hybridized carbons (Fsp3) is 0.286. The molecule has 0 aliphatic heterocycles. The predicted molar refractivity (Wildman–Crippen MR) is 79.2 cm³/mol. The molecular formula is C14H16N6O. The van der Waals surface area contributed by atoms with Crippen LogP contribution >= 0.6 is 0 Å². The van der Waals surface area contributed by atoms with Crippen molar-refractivity contribution in [3.63, 3.8) is 0 Å². The zero-order valence-corrected chi connectivity index (χ0v) is 12.1. The minimum absolute atomic E-state index is 0.0666. The summed E-state index contributed by atoms with van der Waals surface area (Å²) < 4.78 is 5.44. The van der Waals surface area contributed by atoms with E-state index >= 15 is 0 Å². The number of nitriles is 1. The minimum atomic E-state index is -0.0728. The summed E-state index contributed by atoms with van der Waals surface area (Å²) in [6.45, 7) is 3.74. The van der Waals surface area contributed by atoms with Crippen LogP contribution in [0.2, 0.25) is 0 Å². The van der Waals surface area contributed by atoms with E-state index in [1.165, 1.54) is 0 Å². The predicted octanol–water partition coefficient (Wildman–Crippen LogP) is 1.88. The molecule has 0 bridgehead atoms. The third-order valence-electron chi connectivity index (χ3n) is 2.65. The molecule has 0 aliphatic rings. The quantitative estimate of drug-likeness (QED) is 0.914. The third kappa shape index (κ3) is 3.36. The summed E-state index contributed by atoms with van der Waals surface area (Å²) in [6.07, 6.45) is -0.0728. The van der Waals surface area contributed by atoms with Gasteiger partial charge in [-0.25, -0.2) is 0 Å². The van der Waals surface area contributed by atoms with Crippen molar-refractivity contribution in [2.24, 2.45) is 0 Å². The molecule has 0 amide bonds. The van der Waals surface area contributed by atoms with Crippen LogP contribution in [-0.4, -0.2) is 28.1 Å². The van der Waals surface area contributed by atoms with Gasteiger partial charge in [0.15, 0.2) is 0 Å². The molecule has 1 aromatic heterocycles. The van der Waals surface area contributed by atoms with E-state index in [0.717, 1.165) is 0 Å². The van der Waals surface area contributed by atoms with Crippen LogP contribution in [0.1, 0.15) is 19.4 Å². The molecule has 1 heterocycles. The van der Waals surface area contributed by atoms with E-state index in [2.05, 4.69) is 21.0 Å². The Labute approximate surface area is 123 Å². The SMILES string of the molecule is CC(C)Oc1nc(N)nc(N(C)c2ccccc2C#N)n1. The summed E-state index contributed by atoms with van der Waals surface area (Å²) in [5.41, 5.74) is 6.89. The van der Waals surface area contributed by atoms with E-state index in [-0.39, 0.29) is 18.1 Å². The number of hydrogen-bond donors (Lipinski definition) is 1. The molecule has 2 N–H and O–H groups in total. The molecule has 2 aromatic rings.